The second-order valence-electron chi connectivity index (χ2n) is 5.35. The molecule has 1 fully saturated rings. The summed E-state index contributed by atoms with van der Waals surface area (Å²) in [6.45, 7) is 3.53. The standard InChI is InChI=1S/C15H22FNO/c1-15(16,13-6-4-8-17-11-13)10-12-5-3-7-14(9-12)18-2/h3,5,7,9,13,17H,4,6,8,10-11H2,1-2H3. The Morgan fingerprint density at radius 1 is 1.50 bits per heavy atom. The first kappa shape index (κ1) is 13.3. The van der Waals surface area contributed by atoms with Crippen LogP contribution in [-0.4, -0.2) is 25.9 Å². The zero-order chi connectivity index (χ0) is 13.0. The molecular formula is C15H22FNO. The molecule has 2 nitrogen and oxygen atoms in total. The van der Waals surface area contributed by atoms with E-state index < -0.39 is 5.67 Å². The molecule has 18 heavy (non-hydrogen) atoms. The van der Waals surface area contributed by atoms with Crippen molar-refractivity contribution in [2.75, 3.05) is 20.2 Å². The van der Waals surface area contributed by atoms with Crippen LogP contribution in [0, 0.1) is 5.92 Å². The molecule has 0 amide bonds. The molecule has 0 bridgehead atoms. The zero-order valence-corrected chi connectivity index (χ0v) is 11.2. The van der Waals surface area contributed by atoms with Gasteiger partial charge in [-0.2, -0.15) is 0 Å². The van der Waals surface area contributed by atoms with E-state index >= 15 is 0 Å². The van der Waals surface area contributed by atoms with E-state index in [4.69, 9.17) is 4.74 Å². The predicted molar refractivity (Wildman–Crippen MR) is 71.8 cm³/mol. The lowest BCUT2D eigenvalue weighted by molar-refractivity contribution is 0.0833. The molecule has 1 N–H and O–H groups in total. The summed E-state index contributed by atoms with van der Waals surface area (Å²) in [7, 11) is 1.64. The van der Waals surface area contributed by atoms with Crippen molar-refractivity contribution in [2.45, 2.75) is 31.9 Å². The minimum Gasteiger partial charge on any atom is -0.497 e. The van der Waals surface area contributed by atoms with Gasteiger partial charge in [-0.3, -0.25) is 0 Å². The highest BCUT2D eigenvalue weighted by molar-refractivity contribution is 5.29. The number of methoxy groups -OCH3 is 1. The molecule has 0 saturated carbocycles. The molecule has 1 heterocycles. The highest BCUT2D eigenvalue weighted by Crippen LogP contribution is 2.31. The highest BCUT2D eigenvalue weighted by Gasteiger charge is 2.35. The summed E-state index contributed by atoms with van der Waals surface area (Å²) >= 11 is 0. The van der Waals surface area contributed by atoms with Crippen LogP contribution in [-0.2, 0) is 6.42 Å². The van der Waals surface area contributed by atoms with E-state index in [0.717, 1.165) is 37.2 Å². The van der Waals surface area contributed by atoms with Crippen LogP contribution in [0.3, 0.4) is 0 Å². The molecule has 1 saturated heterocycles. The monoisotopic (exact) mass is 251 g/mol. The molecule has 0 aromatic heterocycles. The van der Waals surface area contributed by atoms with Gasteiger partial charge in [-0.05, 0) is 44.0 Å². The van der Waals surface area contributed by atoms with Gasteiger partial charge in [-0.15, -0.1) is 0 Å². The van der Waals surface area contributed by atoms with Crippen molar-refractivity contribution in [3.05, 3.63) is 29.8 Å². The number of hydrogen-bond donors (Lipinski definition) is 1. The third-order valence-electron chi connectivity index (χ3n) is 3.83. The van der Waals surface area contributed by atoms with Gasteiger partial charge < -0.3 is 10.1 Å². The SMILES string of the molecule is COc1cccc(CC(C)(F)C2CCCNC2)c1. The van der Waals surface area contributed by atoms with Crippen LogP contribution in [0.5, 0.6) is 5.75 Å². The molecule has 0 radical (unpaired) electrons. The number of rotatable bonds is 4. The van der Waals surface area contributed by atoms with Gasteiger partial charge in [0.05, 0.1) is 7.11 Å². The molecule has 2 atom stereocenters. The van der Waals surface area contributed by atoms with Crippen molar-refractivity contribution in [3.8, 4) is 5.75 Å². The van der Waals surface area contributed by atoms with Crippen LogP contribution >= 0.6 is 0 Å². The Hall–Kier alpha value is -1.09. The van der Waals surface area contributed by atoms with Gasteiger partial charge >= 0.3 is 0 Å². The van der Waals surface area contributed by atoms with E-state index in [0.29, 0.717) is 6.42 Å². The van der Waals surface area contributed by atoms with Crippen LogP contribution in [0.1, 0.15) is 25.3 Å². The lowest BCUT2D eigenvalue weighted by atomic mass is 9.81. The quantitative estimate of drug-likeness (QED) is 0.888. The van der Waals surface area contributed by atoms with Crippen LogP contribution < -0.4 is 10.1 Å². The predicted octanol–water partition coefficient (Wildman–Crippen LogP) is 2.97. The number of alkyl halides is 1. The lowest BCUT2D eigenvalue weighted by Crippen LogP contribution is -2.42. The van der Waals surface area contributed by atoms with E-state index in [1.165, 1.54) is 0 Å². The molecule has 1 aliphatic rings. The van der Waals surface area contributed by atoms with E-state index in [1.807, 2.05) is 24.3 Å². The summed E-state index contributed by atoms with van der Waals surface area (Å²) in [6.07, 6.45) is 2.50. The fourth-order valence-electron chi connectivity index (χ4n) is 2.69. The van der Waals surface area contributed by atoms with E-state index in [-0.39, 0.29) is 5.92 Å². The maximum atomic E-state index is 14.8. The zero-order valence-electron chi connectivity index (χ0n) is 11.2. The second kappa shape index (κ2) is 5.70. The molecule has 100 valence electrons. The summed E-state index contributed by atoms with van der Waals surface area (Å²) < 4.78 is 20.0. The molecular weight excluding hydrogens is 229 g/mol. The van der Waals surface area contributed by atoms with Gasteiger partial charge in [0.1, 0.15) is 11.4 Å². The Morgan fingerprint density at radius 2 is 2.33 bits per heavy atom. The topological polar surface area (TPSA) is 21.3 Å². The largest absolute Gasteiger partial charge is 0.497 e. The summed E-state index contributed by atoms with van der Waals surface area (Å²) in [6, 6.07) is 7.70. The Kier molecular flexibility index (Phi) is 4.23. The van der Waals surface area contributed by atoms with Crippen LogP contribution in [0.25, 0.3) is 0 Å². The lowest BCUT2D eigenvalue weighted by Gasteiger charge is -2.34. The van der Waals surface area contributed by atoms with Crippen molar-refractivity contribution in [2.24, 2.45) is 5.92 Å². The number of nitrogens with one attached hydrogen (secondary N) is 1. The van der Waals surface area contributed by atoms with E-state index in [1.54, 1.807) is 14.0 Å². The van der Waals surface area contributed by atoms with Crippen molar-refractivity contribution in [3.63, 3.8) is 0 Å². The first-order valence-corrected chi connectivity index (χ1v) is 6.64. The number of benzene rings is 1. The van der Waals surface area contributed by atoms with Crippen molar-refractivity contribution >= 4 is 0 Å². The van der Waals surface area contributed by atoms with Crippen molar-refractivity contribution in [1.82, 2.24) is 5.32 Å². The molecule has 1 aliphatic heterocycles. The molecule has 2 rings (SSSR count). The molecule has 2 unspecified atom stereocenters. The van der Waals surface area contributed by atoms with Gasteiger partial charge in [-0.1, -0.05) is 12.1 Å². The van der Waals surface area contributed by atoms with Gasteiger partial charge in [0.2, 0.25) is 0 Å². The minimum absolute atomic E-state index is 0.109. The van der Waals surface area contributed by atoms with Gasteiger partial charge in [-0.25, -0.2) is 4.39 Å². The Bertz CT molecular complexity index is 386. The number of hydrogen-bond acceptors (Lipinski definition) is 2. The Balaban J connectivity index is 2.05. The molecule has 1 aromatic rings. The Morgan fingerprint density at radius 3 is 3.00 bits per heavy atom. The first-order valence-electron chi connectivity index (χ1n) is 6.64. The van der Waals surface area contributed by atoms with Crippen LogP contribution in [0.4, 0.5) is 4.39 Å². The molecule has 0 spiro atoms. The maximum absolute atomic E-state index is 14.8. The summed E-state index contributed by atoms with van der Waals surface area (Å²) in [5.74, 6) is 0.905. The minimum atomic E-state index is -1.15. The molecule has 3 heteroatoms. The number of ether oxygens (including phenoxy) is 1. The van der Waals surface area contributed by atoms with Crippen molar-refractivity contribution < 1.29 is 9.13 Å². The fraction of sp³-hybridized carbons (Fsp3) is 0.600. The van der Waals surface area contributed by atoms with Crippen molar-refractivity contribution in [1.29, 1.82) is 0 Å². The highest BCUT2D eigenvalue weighted by atomic mass is 19.1. The van der Waals surface area contributed by atoms with Gasteiger partial charge in [0, 0.05) is 18.9 Å². The van der Waals surface area contributed by atoms with Crippen LogP contribution in [0.2, 0.25) is 0 Å². The molecule has 1 aromatic carbocycles. The summed E-state index contributed by atoms with van der Waals surface area (Å²) in [5.41, 5.74) is -0.148. The summed E-state index contributed by atoms with van der Waals surface area (Å²) in [5, 5.41) is 3.28. The first-order chi connectivity index (χ1) is 8.62. The summed E-state index contributed by atoms with van der Waals surface area (Å²) in [4.78, 5) is 0. The smallest absolute Gasteiger partial charge is 0.119 e. The van der Waals surface area contributed by atoms with E-state index in [2.05, 4.69) is 5.32 Å². The fourth-order valence-corrected chi connectivity index (χ4v) is 2.69. The maximum Gasteiger partial charge on any atom is 0.119 e. The average molecular weight is 251 g/mol. The third-order valence-corrected chi connectivity index (χ3v) is 3.83. The van der Waals surface area contributed by atoms with Gasteiger partial charge in [0.25, 0.3) is 0 Å². The molecule has 0 aliphatic carbocycles. The van der Waals surface area contributed by atoms with Crippen LogP contribution in [0.15, 0.2) is 24.3 Å². The average Bonchev–Trinajstić information content (AvgIpc) is 2.39. The normalized spacial score (nSPS) is 23.4. The van der Waals surface area contributed by atoms with Gasteiger partial charge in [0.15, 0.2) is 0 Å². The number of halogens is 1. The third kappa shape index (κ3) is 3.22. The number of piperidine rings is 1. The Labute approximate surface area is 109 Å². The second-order valence-corrected chi connectivity index (χ2v) is 5.35. The van der Waals surface area contributed by atoms with E-state index in [9.17, 15) is 4.39 Å².